The molecule has 3 rings (SSSR count). The van der Waals surface area contributed by atoms with Gasteiger partial charge in [-0.3, -0.25) is 4.79 Å². The van der Waals surface area contributed by atoms with Crippen molar-refractivity contribution in [3.8, 4) is 5.75 Å². The van der Waals surface area contributed by atoms with Crippen LogP contribution in [0.5, 0.6) is 5.75 Å². The van der Waals surface area contributed by atoms with E-state index >= 15 is 0 Å². The first-order chi connectivity index (χ1) is 13.0. The van der Waals surface area contributed by atoms with Crippen molar-refractivity contribution in [2.45, 2.75) is 32.9 Å². The highest BCUT2D eigenvalue weighted by atomic mass is 16.5. The number of carbonyl (C=O) groups excluding carboxylic acids is 1. The Hall–Kier alpha value is -2.67. The number of carbonyl (C=O) groups is 1. The average molecular weight is 369 g/mol. The second-order valence-electron chi connectivity index (χ2n) is 6.82. The molecule has 0 radical (unpaired) electrons. The van der Waals surface area contributed by atoms with Crippen LogP contribution in [0.4, 0.5) is 5.82 Å². The van der Waals surface area contributed by atoms with Crippen LogP contribution >= 0.6 is 0 Å². The largest absolute Gasteiger partial charge is 0.497 e. The summed E-state index contributed by atoms with van der Waals surface area (Å²) in [6, 6.07) is 8.47. The van der Waals surface area contributed by atoms with Crippen LogP contribution in [-0.2, 0) is 6.54 Å². The number of aryl methyl sites for hydroxylation is 1. The minimum atomic E-state index is -0.258. The van der Waals surface area contributed by atoms with Gasteiger partial charge < -0.3 is 20.3 Å². The van der Waals surface area contributed by atoms with Crippen LogP contribution in [0.3, 0.4) is 0 Å². The number of hydrogen-bond acceptors (Lipinski definition) is 6. The number of hydrogen-bond donors (Lipinski definition) is 2. The van der Waals surface area contributed by atoms with Crippen molar-refractivity contribution in [2.75, 3.05) is 32.1 Å². The molecule has 1 fully saturated rings. The fraction of sp³-hybridized carbons (Fsp3) is 0.450. The molecule has 144 valence electrons. The molecule has 1 amide bonds. The van der Waals surface area contributed by atoms with Crippen molar-refractivity contribution < 1.29 is 9.53 Å². The Labute approximate surface area is 160 Å². The summed E-state index contributed by atoms with van der Waals surface area (Å²) in [7, 11) is 3.27. The summed E-state index contributed by atoms with van der Waals surface area (Å²) < 4.78 is 5.28. The zero-order valence-corrected chi connectivity index (χ0v) is 16.4. The number of rotatable bonds is 6. The Kier molecular flexibility index (Phi) is 5.91. The van der Waals surface area contributed by atoms with Crippen LogP contribution in [0, 0.1) is 13.8 Å². The number of aromatic nitrogens is 2. The monoisotopic (exact) mass is 369 g/mol. The highest BCUT2D eigenvalue weighted by Crippen LogP contribution is 2.24. The molecule has 2 N–H and O–H groups in total. The zero-order valence-electron chi connectivity index (χ0n) is 16.4. The van der Waals surface area contributed by atoms with Gasteiger partial charge in [-0.15, -0.1) is 0 Å². The molecule has 0 aliphatic carbocycles. The smallest absolute Gasteiger partial charge is 0.288 e. The van der Waals surface area contributed by atoms with E-state index in [1.807, 2.05) is 32.0 Å². The molecule has 1 aliphatic rings. The summed E-state index contributed by atoms with van der Waals surface area (Å²) in [5, 5.41) is 6.21. The fourth-order valence-corrected chi connectivity index (χ4v) is 3.30. The Morgan fingerprint density at radius 1 is 1.33 bits per heavy atom. The minimum Gasteiger partial charge on any atom is -0.497 e. The zero-order chi connectivity index (χ0) is 19.4. The van der Waals surface area contributed by atoms with Crippen molar-refractivity contribution in [3.63, 3.8) is 0 Å². The van der Waals surface area contributed by atoms with E-state index in [4.69, 9.17) is 4.74 Å². The molecule has 7 heteroatoms. The molecule has 0 bridgehead atoms. The Morgan fingerprint density at radius 3 is 2.89 bits per heavy atom. The molecular weight excluding hydrogens is 342 g/mol. The van der Waals surface area contributed by atoms with Gasteiger partial charge in [0, 0.05) is 44.0 Å². The van der Waals surface area contributed by atoms with Crippen LogP contribution in [-0.4, -0.2) is 49.2 Å². The molecule has 1 aromatic heterocycles. The predicted molar refractivity (Wildman–Crippen MR) is 105 cm³/mol. The molecule has 1 atom stereocenters. The highest BCUT2D eigenvalue weighted by molar-refractivity contribution is 5.90. The van der Waals surface area contributed by atoms with E-state index in [-0.39, 0.29) is 11.7 Å². The number of nitrogens with one attached hydrogen (secondary N) is 2. The van der Waals surface area contributed by atoms with Gasteiger partial charge >= 0.3 is 0 Å². The van der Waals surface area contributed by atoms with Gasteiger partial charge in [0.25, 0.3) is 5.91 Å². The first kappa shape index (κ1) is 19.1. The normalized spacial score (nSPS) is 16.4. The summed E-state index contributed by atoms with van der Waals surface area (Å²) in [6.45, 7) is 6.48. The van der Waals surface area contributed by atoms with Crippen molar-refractivity contribution >= 4 is 11.7 Å². The minimum absolute atomic E-state index is 0.225. The second kappa shape index (κ2) is 8.35. The number of anilines is 1. The summed E-state index contributed by atoms with van der Waals surface area (Å²) >= 11 is 0. The third-order valence-electron chi connectivity index (χ3n) is 5.01. The number of nitrogens with zero attached hydrogens (tertiary/aromatic N) is 3. The SMILES string of the molecule is CNC(=O)c1nc(C)c(C)c(N2CC[C@@H](NCc3cccc(OC)c3)C2)n1. The van der Waals surface area contributed by atoms with Gasteiger partial charge in [0.05, 0.1) is 7.11 Å². The first-order valence-electron chi connectivity index (χ1n) is 9.20. The van der Waals surface area contributed by atoms with Gasteiger partial charge in [-0.05, 0) is 38.0 Å². The fourth-order valence-electron chi connectivity index (χ4n) is 3.30. The average Bonchev–Trinajstić information content (AvgIpc) is 3.16. The van der Waals surface area contributed by atoms with Crippen LogP contribution in [0.15, 0.2) is 24.3 Å². The van der Waals surface area contributed by atoms with E-state index < -0.39 is 0 Å². The number of methoxy groups -OCH3 is 1. The van der Waals surface area contributed by atoms with Gasteiger partial charge in [0.2, 0.25) is 5.82 Å². The van der Waals surface area contributed by atoms with E-state index in [1.165, 1.54) is 5.56 Å². The van der Waals surface area contributed by atoms with Crippen LogP contribution < -0.4 is 20.3 Å². The molecule has 2 aromatic rings. The van der Waals surface area contributed by atoms with Crippen molar-refractivity contribution in [2.24, 2.45) is 0 Å². The summed E-state index contributed by atoms with van der Waals surface area (Å²) in [4.78, 5) is 23.0. The molecule has 0 spiro atoms. The van der Waals surface area contributed by atoms with Gasteiger partial charge in [-0.25, -0.2) is 9.97 Å². The molecule has 0 unspecified atom stereocenters. The second-order valence-corrected chi connectivity index (χ2v) is 6.82. The summed E-state index contributed by atoms with van der Waals surface area (Å²) in [5.74, 6) is 1.69. The maximum absolute atomic E-state index is 11.9. The molecule has 1 saturated heterocycles. The molecular formula is C20H27N5O2. The van der Waals surface area contributed by atoms with Gasteiger partial charge in [0.15, 0.2) is 0 Å². The maximum atomic E-state index is 11.9. The van der Waals surface area contributed by atoms with Crippen molar-refractivity contribution in [1.82, 2.24) is 20.6 Å². The molecule has 7 nitrogen and oxygen atoms in total. The standard InChI is InChI=1S/C20H27N5O2/c1-13-14(2)23-18(20(26)21-3)24-19(13)25-9-8-16(12-25)22-11-15-6-5-7-17(10-15)27-4/h5-7,10,16,22H,8-9,11-12H2,1-4H3,(H,21,26)/t16-/m1/s1. The Bertz CT molecular complexity index is 824. The van der Waals surface area contributed by atoms with E-state index in [1.54, 1.807) is 14.2 Å². The van der Waals surface area contributed by atoms with Gasteiger partial charge in [-0.2, -0.15) is 0 Å². The lowest BCUT2D eigenvalue weighted by molar-refractivity contribution is 0.0952. The van der Waals surface area contributed by atoms with Crippen LogP contribution in [0.1, 0.15) is 33.9 Å². The van der Waals surface area contributed by atoms with E-state index in [9.17, 15) is 4.79 Å². The maximum Gasteiger partial charge on any atom is 0.288 e. The summed E-state index contributed by atoms with van der Waals surface area (Å²) in [5.41, 5.74) is 3.06. The van der Waals surface area contributed by atoms with Crippen LogP contribution in [0.25, 0.3) is 0 Å². The quantitative estimate of drug-likeness (QED) is 0.809. The van der Waals surface area contributed by atoms with Gasteiger partial charge in [-0.1, -0.05) is 12.1 Å². The third kappa shape index (κ3) is 4.36. The van der Waals surface area contributed by atoms with Gasteiger partial charge in [0.1, 0.15) is 11.6 Å². The van der Waals surface area contributed by atoms with E-state index in [0.29, 0.717) is 6.04 Å². The van der Waals surface area contributed by atoms with E-state index in [2.05, 4.69) is 31.6 Å². The number of ether oxygens (including phenoxy) is 1. The topological polar surface area (TPSA) is 79.4 Å². The first-order valence-corrected chi connectivity index (χ1v) is 9.20. The van der Waals surface area contributed by atoms with E-state index in [0.717, 1.165) is 48.9 Å². The van der Waals surface area contributed by atoms with Crippen molar-refractivity contribution in [1.29, 1.82) is 0 Å². The highest BCUT2D eigenvalue weighted by Gasteiger charge is 2.26. The van der Waals surface area contributed by atoms with Crippen LogP contribution in [0.2, 0.25) is 0 Å². The lowest BCUT2D eigenvalue weighted by atomic mass is 10.2. The molecule has 2 heterocycles. The third-order valence-corrected chi connectivity index (χ3v) is 5.01. The number of benzene rings is 1. The molecule has 1 aromatic carbocycles. The number of amides is 1. The Morgan fingerprint density at radius 2 is 2.15 bits per heavy atom. The Balaban J connectivity index is 1.67. The lowest BCUT2D eigenvalue weighted by Crippen LogP contribution is -2.33. The molecule has 1 aliphatic heterocycles. The van der Waals surface area contributed by atoms with Crippen molar-refractivity contribution in [3.05, 3.63) is 46.9 Å². The lowest BCUT2D eigenvalue weighted by Gasteiger charge is -2.21. The molecule has 0 saturated carbocycles. The predicted octanol–water partition coefficient (Wildman–Crippen LogP) is 1.83. The molecule has 27 heavy (non-hydrogen) atoms. The summed E-state index contributed by atoms with van der Waals surface area (Å²) in [6.07, 6.45) is 1.03.